The Kier molecular flexibility index (Phi) is 3.89. The van der Waals surface area contributed by atoms with Crippen LogP contribution in [0.2, 0.25) is 0 Å². The molecule has 0 aromatic rings. The molecule has 1 rings (SSSR count). The minimum Gasteiger partial charge on any atom is -0.469 e. The van der Waals surface area contributed by atoms with E-state index in [0.717, 1.165) is 13.0 Å². The van der Waals surface area contributed by atoms with Gasteiger partial charge in [-0.1, -0.05) is 6.92 Å². The molecular formula is C10H19NO3. The SMILES string of the molecule is CCNC1(CC(=O)OC)CCOC1C. The molecule has 1 saturated heterocycles. The summed E-state index contributed by atoms with van der Waals surface area (Å²) in [5.41, 5.74) is -0.220. The maximum Gasteiger partial charge on any atom is 0.307 e. The van der Waals surface area contributed by atoms with Gasteiger partial charge in [0.25, 0.3) is 0 Å². The van der Waals surface area contributed by atoms with Gasteiger partial charge in [-0.25, -0.2) is 0 Å². The molecule has 0 aliphatic carbocycles. The minimum absolute atomic E-state index is 0.0709. The zero-order valence-electron chi connectivity index (χ0n) is 9.13. The first-order valence-electron chi connectivity index (χ1n) is 5.08. The van der Waals surface area contributed by atoms with Gasteiger partial charge in [-0.2, -0.15) is 0 Å². The highest BCUT2D eigenvalue weighted by molar-refractivity contribution is 5.71. The van der Waals surface area contributed by atoms with E-state index in [9.17, 15) is 4.79 Å². The third-order valence-electron chi connectivity index (χ3n) is 2.91. The van der Waals surface area contributed by atoms with Crippen molar-refractivity contribution in [3.63, 3.8) is 0 Å². The van der Waals surface area contributed by atoms with Crippen LogP contribution < -0.4 is 5.32 Å². The van der Waals surface area contributed by atoms with Crippen LogP contribution in [0.1, 0.15) is 26.7 Å². The summed E-state index contributed by atoms with van der Waals surface area (Å²) in [7, 11) is 1.42. The maximum absolute atomic E-state index is 11.3. The third-order valence-corrected chi connectivity index (χ3v) is 2.91. The lowest BCUT2D eigenvalue weighted by Crippen LogP contribution is -2.52. The summed E-state index contributed by atoms with van der Waals surface area (Å²) in [6.45, 7) is 5.58. The average molecular weight is 201 g/mol. The summed E-state index contributed by atoms with van der Waals surface area (Å²) in [5, 5.41) is 3.35. The highest BCUT2D eigenvalue weighted by Crippen LogP contribution is 2.29. The predicted molar refractivity (Wildman–Crippen MR) is 53.1 cm³/mol. The van der Waals surface area contributed by atoms with E-state index >= 15 is 0 Å². The summed E-state index contributed by atoms with van der Waals surface area (Å²) >= 11 is 0. The quantitative estimate of drug-likeness (QED) is 0.680. The molecule has 0 amide bonds. The van der Waals surface area contributed by atoms with E-state index < -0.39 is 0 Å². The summed E-state index contributed by atoms with van der Waals surface area (Å²) in [5.74, 6) is -0.177. The number of nitrogens with one attached hydrogen (secondary N) is 1. The van der Waals surface area contributed by atoms with Crippen molar-refractivity contribution < 1.29 is 14.3 Å². The van der Waals surface area contributed by atoms with Crippen LogP contribution in [0.4, 0.5) is 0 Å². The molecule has 4 heteroatoms. The zero-order valence-corrected chi connectivity index (χ0v) is 9.13. The Labute approximate surface area is 85.0 Å². The van der Waals surface area contributed by atoms with Crippen molar-refractivity contribution in [3.8, 4) is 0 Å². The van der Waals surface area contributed by atoms with E-state index in [4.69, 9.17) is 9.47 Å². The van der Waals surface area contributed by atoms with Crippen molar-refractivity contribution in [1.82, 2.24) is 5.32 Å². The Morgan fingerprint density at radius 2 is 2.43 bits per heavy atom. The van der Waals surface area contributed by atoms with Gasteiger partial charge in [-0.05, 0) is 19.9 Å². The molecule has 0 radical (unpaired) electrons. The van der Waals surface area contributed by atoms with Crippen LogP contribution >= 0.6 is 0 Å². The van der Waals surface area contributed by atoms with Crippen LogP contribution in [0.3, 0.4) is 0 Å². The maximum atomic E-state index is 11.3. The highest BCUT2D eigenvalue weighted by Gasteiger charge is 2.42. The number of rotatable bonds is 4. The number of likely N-dealkylation sites (N-methyl/N-ethyl adjacent to an activating group) is 1. The normalized spacial score (nSPS) is 31.8. The Morgan fingerprint density at radius 3 is 2.86 bits per heavy atom. The van der Waals surface area contributed by atoms with Gasteiger partial charge >= 0.3 is 5.97 Å². The molecule has 0 bridgehead atoms. The van der Waals surface area contributed by atoms with Crippen molar-refractivity contribution in [3.05, 3.63) is 0 Å². The summed E-state index contributed by atoms with van der Waals surface area (Å²) in [6, 6.07) is 0. The molecule has 1 fully saturated rings. The number of hydrogen-bond donors (Lipinski definition) is 1. The molecule has 1 aliphatic rings. The van der Waals surface area contributed by atoms with Gasteiger partial charge < -0.3 is 14.8 Å². The molecule has 2 atom stereocenters. The van der Waals surface area contributed by atoms with E-state index in [0.29, 0.717) is 13.0 Å². The van der Waals surface area contributed by atoms with E-state index in [1.54, 1.807) is 0 Å². The smallest absolute Gasteiger partial charge is 0.307 e. The van der Waals surface area contributed by atoms with Crippen LogP contribution in [0.5, 0.6) is 0 Å². The molecule has 0 saturated carbocycles. The first-order chi connectivity index (χ1) is 6.64. The first kappa shape index (κ1) is 11.5. The second kappa shape index (κ2) is 4.75. The summed E-state index contributed by atoms with van der Waals surface area (Å²) < 4.78 is 10.2. The van der Waals surface area contributed by atoms with Crippen molar-refractivity contribution in [2.45, 2.75) is 38.3 Å². The van der Waals surface area contributed by atoms with Crippen LogP contribution in [-0.4, -0.2) is 37.9 Å². The zero-order chi connectivity index (χ0) is 10.6. The van der Waals surface area contributed by atoms with Gasteiger partial charge in [-0.15, -0.1) is 0 Å². The number of ether oxygens (including phenoxy) is 2. The second-order valence-corrected chi connectivity index (χ2v) is 3.70. The van der Waals surface area contributed by atoms with Gasteiger partial charge in [0, 0.05) is 6.61 Å². The second-order valence-electron chi connectivity index (χ2n) is 3.70. The molecule has 1 aliphatic heterocycles. The molecule has 14 heavy (non-hydrogen) atoms. The molecule has 0 aromatic heterocycles. The Balaban J connectivity index is 2.66. The fourth-order valence-electron chi connectivity index (χ4n) is 1.99. The Hall–Kier alpha value is -0.610. The van der Waals surface area contributed by atoms with Crippen molar-refractivity contribution in [2.24, 2.45) is 0 Å². The van der Waals surface area contributed by atoms with Crippen molar-refractivity contribution in [1.29, 1.82) is 0 Å². The number of carbonyl (C=O) groups excluding carboxylic acids is 1. The van der Waals surface area contributed by atoms with Crippen LogP contribution in [-0.2, 0) is 14.3 Å². The number of esters is 1. The Bertz CT molecular complexity index is 208. The van der Waals surface area contributed by atoms with Gasteiger partial charge in [0.05, 0.1) is 25.2 Å². The van der Waals surface area contributed by atoms with Gasteiger partial charge in [0.15, 0.2) is 0 Å². The lowest BCUT2D eigenvalue weighted by molar-refractivity contribution is -0.143. The van der Waals surface area contributed by atoms with Crippen LogP contribution in [0.15, 0.2) is 0 Å². The molecular weight excluding hydrogens is 182 g/mol. The fourth-order valence-corrected chi connectivity index (χ4v) is 1.99. The lowest BCUT2D eigenvalue weighted by Gasteiger charge is -2.31. The minimum atomic E-state index is -0.220. The topological polar surface area (TPSA) is 47.6 Å². The average Bonchev–Trinajstić information content (AvgIpc) is 2.49. The largest absolute Gasteiger partial charge is 0.469 e. The monoisotopic (exact) mass is 201 g/mol. The number of methoxy groups -OCH3 is 1. The highest BCUT2D eigenvalue weighted by atomic mass is 16.5. The van der Waals surface area contributed by atoms with Gasteiger partial charge in [0.1, 0.15) is 0 Å². The lowest BCUT2D eigenvalue weighted by atomic mass is 9.88. The van der Waals surface area contributed by atoms with E-state index in [2.05, 4.69) is 5.32 Å². The van der Waals surface area contributed by atoms with E-state index in [-0.39, 0.29) is 17.6 Å². The molecule has 0 spiro atoms. The van der Waals surface area contributed by atoms with Gasteiger partial charge in [-0.3, -0.25) is 4.79 Å². The van der Waals surface area contributed by atoms with E-state index in [1.807, 2.05) is 13.8 Å². The van der Waals surface area contributed by atoms with Crippen molar-refractivity contribution >= 4 is 5.97 Å². The molecule has 4 nitrogen and oxygen atoms in total. The molecule has 0 aromatic carbocycles. The van der Waals surface area contributed by atoms with Crippen LogP contribution in [0.25, 0.3) is 0 Å². The molecule has 1 heterocycles. The predicted octanol–water partition coefficient (Wildman–Crippen LogP) is 0.707. The summed E-state index contributed by atoms with van der Waals surface area (Å²) in [6.07, 6.45) is 1.33. The fraction of sp³-hybridized carbons (Fsp3) is 0.900. The van der Waals surface area contributed by atoms with E-state index in [1.165, 1.54) is 7.11 Å². The van der Waals surface area contributed by atoms with Crippen molar-refractivity contribution in [2.75, 3.05) is 20.3 Å². The Morgan fingerprint density at radius 1 is 1.71 bits per heavy atom. The number of carbonyl (C=O) groups is 1. The first-order valence-corrected chi connectivity index (χ1v) is 5.08. The van der Waals surface area contributed by atoms with Crippen LogP contribution in [0, 0.1) is 0 Å². The molecule has 2 unspecified atom stereocenters. The van der Waals surface area contributed by atoms with Gasteiger partial charge in [0.2, 0.25) is 0 Å². The number of hydrogen-bond acceptors (Lipinski definition) is 4. The standard InChI is InChI=1S/C10H19NO3/c1-4-11-10(7-9(12)13-3)5-6-14-8(10)2/h8,11H,4-7H2,1-3H3. The third kappa shape index (κ3) is 2.25. The summed E-state index contributed by atoms with van der Waals surface area (Å²) in [4.78, 5) is 11.3. The molecule has 82 valence electrons. The molecule has 1 N–H and O–H groups in total.